The van der Waals surface area contributed by atoms with Gasteiger partial charge in [-0.25, -0.2) is 10.4 Å². The van der Waals surface area contributed by atoms with Crippen molar-refractivity contribution >= 4 is 6.01 Å². The summed E-state index contributed by atoms with van der Waals surface area (Å²) in [5.41, 5.74) is 0. The lowest BCUT2D eigenvalue weighted by atomic mass is 9.84. The topological polar surface area (TPSA) is 48.7 Å². The fourth-order valence-electron chi connectivity index (χ4n) is 3.00. The molecular weight excluding hydrogens is 214 g/mol. The minimum atomic E-state index is 0.0718. The van der Waals surface area contributed by atoms with Gasteiger partial charge in [-0.3, -0.25) is 4.90 Å². The van der Waals surface area contributed by atoms with Gasteiger partial charge in [0.2, 0.25) is 0 Å². The van der Waals surface area contributed by atoms with Gasteiger partial charge in [0.05, 0.1) is 18.7 Å². The van der Waals surface area contributed by atoms with E-state index in [0.717, 1.165) is 25.6 Å². The number of nitrogens with one attached hydrogen (secondary N) is 1. The summed E-state index contributed by atoms with van der Waals surface area (Å²) in [7, 11) is 0. The first-order chi connectivity index (χ1) is 8.31. The fourth-order valence-corrected chi connectivity index (χ4v) is 3.00. The van der Waals surface area contributed by atoms with E-state index >= 15 is 0 Å². The van der Waals surface area contributed by atoms with Crippen molar-refractivity contribution in [3.63, 3.8) is 0 Å². The summed E-state index contributed by atoms with van der Waals surface area (Å²) in [6.07, 6.45) is 7.20. The molecule has 96 valence electrons. The lowest BCUT2D eigenvalue weighted by Gasteiger charge is -2.39. The molecule has 1 saturated heterocycles. The maximum atomic E-state index is 6.92. The van der Waals surface area contributed by atoms with Gasteiger partial charge >= 0.3 is 0 Å². The highest BCUT2D eigenvalue weighted by atomic mass is 16.5. The molecular formula is C13H23N3O. The van der Waals surface area contributed by atoms with E-state index in [1.807, 2.05) is 6.92 Å². The summed E-state index contributed by atoms with van der Waals surface area (Å²) < 4.78 is 5.93. The Kier molecular flexibility index (Phi) is 4.72. The van der Waals surface area contributed by atoms with Crippen molar-refractivity contribution < 1.29 is 4.74 Å². The van der Waals surface area contributed by atoms with Gasteiger partial charge in [0, 0.05) is 13.1 Å². The van der Waals surface area contributed by atoms with E-state index in [9.17, 15) is 0 Å². The van der Waals surface area contributed by atoms with Gasteiger partial charge in [0.15, 0.2) is 0 Å². The second-order valence-electron chi connectivity index (χ2n) is 5.18. The Morgan fingerprint density at radius 1 is 1.35 bits per heavy atom. The van der Waals surface area contributed by atoms with Gasteiger partial charge in [-0.15, -0.1) is 0 Å². The van der Waals surface area contributed by atoms with E-state index in [1.165, 1.54) is 32.1 Å². The number of ether oxygens (including phenoxy) is 1. The van der Waals surface area contributed by atoms with Crippen molar-refractivity contribution in [1.82, 2.24) is 4.90 Å². The Morgan fingerprint density at radius 2 is 2.12 bits per heavy atom. The summed E-state index contributed by atoms with van der Waals surface area (Å²) in [5.74, 6) is 0.739. The van der Waals surface area contributed by atoms with Gasteiger partial charge in [0.25, 0.3) is 0 Å². The zero-order chi connectivity index (χ0) is 12.1. The molecule has 1 aliphatic heterocycles. The van der Waals surface area contributed by atoms with Crippen LogP contribution in [0.2, 0.25) is 0 Å². The average Bonchev–Trinajstić information content (AvgIpc) is 2.40. The molecule has 1 aliphatic carbocycles. The van der Waals surface area contributed by atoms with Crippen LogP contribution in [-0.4, -0.2) is 42.9 Å². The van der Waals surface area contributed by atoms with Crippen LogP contribution < -0.4 is 0 Å². The Hall–Kier alpha value is -0.700. The lowest BCUT2D eigenvalue weighted by Crippen LogP contribution is -2.48. The van der Waals surface area contributed by atoms with Crippen LogP contribution in [0, 0.1) is 11.3 Å². The summed E-state index contributed by atoms with van der Waals surface area (Å²) >= 11 is 0. The first kappa shape index (κ1) is 12.7. The molecule has 1 saturated carbocycles. The molecule has 0 amide bonds. The van der Waals surface area contributed by atoms with Crippen molar-refractivity contribution in [3.8, 4) is 0 Å². The van der Waals surface area contributed by atoms with Crippen LogP contribution in [0.3, 0.4) is 0 Å². The second-order valence-corrected chi connectivity index (χ2v) is 5.18. The van der Waals surface area contributed by atoms with Crippen molar-refractivity contribution in [2.75, 3.05) is 19.7 Å². The summed E-state index contributed by atoms with van der Waals surface area (Å²) in [6.45, 7) is 4.73. The largest absolute Gasteiger partial charge is 0.375 e. The van der Waals surface area contributed by atoms with Crippen LogP contribution in [-0.2, 0) is 4.74 Å². The minimum absolute atomic E-state index is 0.0718. The molecule has 2 rings (SSSR count). The van der Waals surface area contributed by atoms with Crippen molar-refractivity contribution in [3.05, 3.63) is 0 Å². The lowest BCUT2D eigenvalue weighted by molar-refractivity contribution is -0.0733. The molecule has 0 aromatic carbocycles. The molecule has 0 aromatic rings. The number of morpholine rings is 1. The molecule has 1 N–H and O–H groups in total. The first-order valence-electron chi connectivity index (χ1n) is 6.78. The number of aliphatic imine (C=N–C) groups is 1. The van der Waals surface area contributed by atoms with Crippen LogP contribution >= 0.6 is 0 Å². The Labute approximate surface area is 104 Å². The molecule has 0 spiro atoms. The van der Waals surface area contributed by atoms with Crippen LogP contribution in [0.25, 0.3) is 0 Å². The van der Waals surface area contributed by atoms with E-state index in [0.29, 0.717) is 6.10 Å². The fraction of sp³-hybridized carbons (Fsp3) is 0.923. The Balaban J connectivity index is 1.89. The first-order valence-corrected chi connectivity index (χ1v) is 6.78. The smallest absolute Gasteiger partial charge is 0.110 e. The molecule has 1 heterocycles. The van der Waals surface area contributed by atoms with Crippen LogP contribution in [0.5, 0.6) is 0 Å². The zero-order valence-electron chi connectivity index (χ0n) is 10.7. The van der Waals surface area contributed by atoms with Gasteiger partial charge in [-0.1, -0.05) is 19.3 Å². The summed E-state index contributed by atoms with van der Waals surface area (Å²) in [4.78, 5) is 6.32. The van der Waals surface area contributed by atoms with E-state index < -0.39 is 0 Å². The van der Waals surface area contributed by atoms with Crippen LogP contribution in [0.15, 0.2) is 4.99 Å². The maximum Gasteiger partial charge on any atom is 0.110 e. The number of hydrogen-bond donors (Lipinski definition) is 1. The van der Waals surface area contributed by atoms with Crippen molar-refractivity contribution in [2.45, 2.75) is 51.3 Å². The number of nitrogens with zero attached hydrogens (tertiary/aromatic N) is 2. The standard InChI is InChI=1S/C13H23N3O/c1-11(15-10-14)16-7-8-17-13(9-16)12-5-3-2-4-6-12/h11-14H,2-9H2,1H3. The number of rotatable bonds is 3. The Morgan fingerprint density at radius 3 is 2.82 bits per heavy atom. The molecule has 4 nitrogen and oxygen atoms in total. The van der Waals surface area contributed by atoms with Crippen molar-refractivity contribution in [2.24, 2.45) is 10.9 Å². The summed E-state index contributed by atoms with van der Waals surface area (Å²) in [6, 6.07) is 2.15. The van der Waals surface area contributed by atoms with Crippen molar-refractivity contribution in [1.29, 1.82) is 5.41 Å². The normalized spacial score (nSPS) is 29.6. The molecule has 2 fully saturated rings. The van der Waals surface area contributed by atoms with Crippen LogP contribution in [0.1, 0.15) is 39.0 Å². The Bertz CT molecular complexity index is 282. The molecule has 2 unspecified atom stereocenters. The summed E-state index contributed by atoms with van der Waals surface area (Å²) in [5, 5.41) is 6.92. The highest BCUT2D eigenvalue weighted by molar-refractivity contribution is 5.36. The van der Waals surface area contributed by atoms with E-state index in [-0.39, 0.29) is 6.17 Å². The predicted octanol–water partition coefficient (Wildman–Crippen LogP) is 2.37. The van der Waals surface area contributed by atoms with Gasteiger partial charge in [-0.2, -0.15) is 0 Å². The third-order valence-corrected chi connectivity index (χ3v) is 4.08. The molecule has 0 aromatic heterocycles. The highest BCUT2D eigenvalue weighted by Gasteiger charge is 2.30. The molecule has 0 radical (unpaired) electrons. The quantitative estimate of drug-likeness (QED) is 0.766. The molecule has 0 bridgehead atoms. The predicted molar refractivity (Wildman–Crippen MR) is 67.5 cm³/mol. The molecule has 17 heavy (non-hydrogen) atoms. The van der Waals surface area contributed by atoms with Gasteiger partial charge < -0.3 is 4.74 Å². The SMILES string of the molecule is CC(N=C=N)N1CCOC(C2CCCCC2)C1. The second kappa shape index (κ2) is 6.29. The van der Waals surface area contributed by atoms with Gasteiger partial charge in [-0.05, 0) is 25.7 Å². The highest BCUT2D eigenvalue weighted by Crippen LogP contribution is 2.29. The molecule has 2 aliphatic rings. The number of hydrogen-bond acceptors (Lipinski definition) is 4. The third-order valence-electron chi connectivity index (χ3n) is 4.08. The maximum absolute atomic E-state index is 6.92. The monoisotopic (exact) mass is 237 g/mol. The van der Waals surface area contributed by atoms with E-state index in [1.54, 1.807) is 0 Å². The van der Waals surface area contributed by atoms with E-state index in [4.69, 9.17) is 10.1 Å². The minimum Gasteiger partial charge on any atom is -0.375 e. The van der Waals surface area contributed by atoms with Gasteiger partial charge in [0.1, 0.15) is 6.17 Å². The third kappa shape index (κ3) is 3.38. The average molecular weight is 237 g/mol. The zero-order valence-corrected chi connectivity index (χ0v) is 10.7. The molecule has 2 atom stereocenters. The van der Waals surface area contributed by atoms with E-state index in [2.05, 4.69) is 15.9 Å². The van der Waals surface area contributed by atoms with Crippen LogP contribution in [0.4, 0.5) is 0 Å². The molecule has 4 heteroatoms.